The number of carbonyl (C=O) groups is 2. The molecular weight excluding hydrogens is 302 g/mol. The fourth-order valence-corrected chi connectivity index (χ4v) is 4.93. The fourth-order valence-electron chi connectivity index (χ4n) is 4.93. The Morgan fingerprint density at radius 3 is 2.08 bits per heavy atom. The molecule has 5 nitrogen and oxygen atoms in total. The predicted molar refractivity (Wildman–Crippen MR) is 92.2 cm³/mol. The molecule has 4 rings (SSSR count). The van der Waals surface area contributed by atoms with Crippen LogP contribution in [0.15, 0.2) is 12.2 Å². The topological polar surface area (TPSA) is 43.9 Å². The molecule has 24 heavy (non-hydrogen) atoms. The minimum Gasteiger partial charge on any atom is -0.342 e. The van der Waals surface area contributed by atoms with Gasteiger partial charge in [0.1, 0.15) is 0 Å². The Labute approximate surface area is 144 Å². The number of piperidine rings is 1. The summed E-state index contributed by atoms with van der Waals surface area (Å²) in [5.41, 5.74) is 0. The van der Waals surface area contributed by atoms with E-state index in [1.54, 1.807) is 0 Å². The van der Waals surface area contributed by atoms with E-state index in [9.17, 15) is 9.59 Å². The third-order valence-electron chi connectivity index (χ3n) is 6.57. The van der Waals surface area contributed by atoms with E-state index in [-0.39, 0.29) is 11.8 Å². The first-order chi connectivity index (χ1) is 11.6. The second-order valence-electron chi connectivity index (χ2n) is 8.11. The van der Waals surface area contributed by atoms with Crippen LogP contribution in [0.25, 0.3) is 0 Å². The minimum atomic E-state index is 0.123. The van der Waals surface area contributed by atoms with Crippen LogP contribution in [0.1, 0.15) is 25.7 Å². The van der Waals surface area contributed by atoms with Gasteiger partial charge in [-0.3, -0.25) is 9.59 Å². The molecule has 0 radical (unpaired) electrons. The van der Waals surface area contributed by atoms with Gasteiger partial charge in [-0.1, -0.05) is 12.2 Å². The van der Waals surface area contributed by atoms with Crippen molar-refractivity contribution in [2.24, 2.45) is 23.7 Å². The van der Waals surface area contributed by atoms with Crippen molar-refractivity contribution in [1.29, 1.82) is 0 Å². The molecule has 2 heterocycles. The number of nitrogens with zero attached hydrogens (tertiary/aromatic N) is 3. The standard InChI is InChI=1S/C19H29N3O2/c1-20-8-10-22(11-9-20)18(23)15-4-6-21(7-5-15)19(24)17-13-14-2-3-16(17)12-14/h2-3,14-17H,4-13H2,1H3. The quantitative estimate of drug-likeness (QED) is 0.715. The lowest BCUT2D eigenvalue weighted by Crippen LogP contribution is -2.51. The molecule has 2 amide bonds. The minimum absolute atomic E-state index is 0.123. The normalized spacial score (nSPS) is 34.1. The van der Waals surface area contributed by atoms with Crippen molar-refractivity contribution >= 4 is 11.8 Å². The average molecular weight is 331 g/mol. The molecule has 3 fully saturated rings. The molecular formula is C19H29N3O2. The van der Waals surface area contributed by atoms with Crippen LogP contribution >= 0.6 is 0 Å². The maximum absolute atomic E-state index is 12.8. The van der Waals surface area contributed by atoms with Crippen LogP contribution in [0.4, 0.5) is 0 Å². The Morgan fingerprint density at radius 2 is 1.50 bits per heavy atom. The lowest BCUT2D eigenvalue weighted by atomic mass is 9.89. The van der Waals surface area contributed by atoms with Crippen molar-refractivity contribution in [3.63, 3.8) is 0 Å². The summed E-state index contributed by atoms with van der Waals surface area (Å²) in [5.74, 6) is 2.12. The number of carbonyl (C=O) groups excluding carboxylic acids is 2. The molecule has 3 atom stereocenters. The van der Waals surface area contributed by atoms with Crippen molar-refractivity contribution in [2.75, 3.05) is 46.3 Å². The van der Waals surface area contributed by atoms with Gasteiger partial charge in [-0.05, 0) is 44.6 Å². The summed E-state index contributed by atoms with van der Waals surface area (Å²) in [5, 5.41) is 0. The van der Waals surface area contributed by atoms with Gasteiger partial charge in [0.2, 0.25) is 11.8 Å². The first kappa shape index (κ1) is 16.1. The molecule has 2 saturated heterocycles. The van der Waals surface area contributed by atoms with Gasteiger partial charge in [-0.25, -0.2) is 0 Å². The lowest BCUT2D eigenvalue weighted by molar-refractivity contribution is -0.143. The third kappa shape index (κ3) is 2.99. The van der Waals surface area contributed by atoms with Gasteiger partial charge in [0.15, 0.2) is 0 Å². The molecule has 132 valence electrons. The van der Waals surface area contributed by atoms with Crippen molar-refractivity contribution in [1.82, 2.24) is 14.7 Å². The second kappa shape index (κ2) is 6.51. The van der Waals surface area contributed by atoms with Gasteiger partial charge in [0, 0.05) is 51.1 Å². The molecule has 3 unspecified atom stereocenters. The maximum atomic E-state index is 12.8. The Bertz CT molecular complexity index is 531. The number of piperazine rings is 1. The summed E-state index contributed by atoms with van der Waals surface area (Å²) in [6.07, 6.45) is 8.44. The summed E-state index contributed by atoms with van der Waals surface area (Å²) in [6.45, 7) is 5.18. The Kier molecular flexibility index (Phi) is 4.37. The molecule has 0 aromatic heterocycles. The highest BCUT2D eigenvalue weighted by atomic mass is 16.2. The molecule has 5 heteroatoms. The van der Waals surface area contributed by atoms with Crippen LogP contribution in [-0.2, 0) is 9.59 Å². The number of hydrogen-bond donors (Lipinski definition) is 0. The average Bonchev–Trinajstić information content (AvgIpc) is 3.25. The zero-order valence-electron chi connectivity index (χ0n) is 14.7. The van der Waals surface area contributed by atoms with Crippen LogP contribution in [0.5, 0.6) is 0 Å². The fraction of sp³-hybridized carbons (Fsp3) is 0.789. The van der Waals surface area contributed by atoms with Crippen LogP contribution in [-0.4, -0.2) is 72.8 Å². The van der Waals surface area contributed by atoms with E-state index < -0.39 is 0 Å². The number of likely N-dealkylation sites (tertiary alicyclic amines) is 1. The SMILES string of the molecule is CN1CCN(C(=O)C2CCN(C(=O)C3CC4C=CC3C4)CC2)CC1. The van der Waals surface area contributed by atoms with E-state index in [1.165, 1.54) is 6.42 Å². The highest BCUT2D eigenvalue weighted by Gasteiger charge is 2.42. The molecule has 0 spiro atoms. The van der Waals surface area contributed by atoms with Crippen molar-refractivity contribution in [3.8, 4) is 0 Å². The number of hydrogen-bond acceptors (Lipinski definition) is 3. The number of fused-ring (bicyclic) bond motifs is 2. The van der Waals surface area contributed by atoms with E-state index in [0.29, 0.717) is 23.7 Å². The number of rotatable bonds is 2. The van der Waals surface area contributed by atoms with Crippen LogP contribution < -0.4 is 0 Å². The summed E-state index contributed by atoms with van der Waals surface area (Å²) in [6, 6.07) is 0. The molecule has 0 aromatic carbocycles. The van der Waals surface area contributed by atoms with E-state index in [0.717, 1.165) is 58.5 Å². The Hall–Kier alpha value is -1.36. The van der Waals surface area contributed by atoms with E-state index in [1.807, 2.05) is 9.80 Å². The summed E-state index contributed by atoms with van der Waals surface area (Å²) >= 11 is 0. The number of amides is 2. The molecule has 2 bridgehead atoms. The van der Waals surface area contributed by atoms with Crippen molar-refractivity contribution in [2.45, 2.75) is 25.7 Å². The van der Waals surface area contributed by atoms with Gasteiger partial charge in [-0.15, -0.1) is 0 Å². The van der Waals surface area contributed by atoms with Crippen molar-refractivity contribution in [3.05, 3.63) is 12.2 Å². The Morgan fingerprint density at radius 1 is 0.833 bits per heavy atom. The molecule has 0 aromatic rings. The van der Waals surface area contributed by atoms with Crippen LogP contribution in [0.3, 0.4) is 0 Å². The summed E-state index contributed by atoms with van der Waals surface area (Å²) < 4.78 is 0. The smallest absolute Gasteiger partial charge is 0.226 e. The molecule has 2 aliphatic carbocycles. The first-order valence-corrected chi connectivity index (χ1v) is 9.56. The number of allylic oxidation sites excluding steroid dienone is 2. The molecule has 1 saturated carbocycles. The predicted octanol–water partition coefficient (Wildman–Crippen LogP) is 1.21. The van der Waals surface area contributed by atoms with Crippen LogP contribution in [0, 0.1) is 23.7 Å². The van der Waals surface area contributed by atoms with Gasteiger partial charge in [-0.2, -0.15) is 0 Å². The summed E-state index contributed by atoms with van der Waals surface area (Å²) in [4.78, 5) is 31.8. The van der Waals surface area contributed by atoms with E-state index in [2.05, 4.69) is 24.1 Å². The maximum Gasteiger partial charge on any atom is 0.226 e. The van der Waals surface area contributed by atoms with Gasteiger partial charge in [0.25, 0.3) is 0 Å². The van der Waals surface area contributed by atoms with E-state index in [4.69, 9.17) is 0 Å². The highest BCUT2D eigenvalue weighted by molar-refractivity contribution is 5.82. The van der Waals surface area contributed by atoms with E-state index >= 15 is 0 Å². The second-order valence-corrected chi connectivity index (χ2v) is 8.11. The largest absolute Gasteiger partial charge is 0.342 e. The zero-order chi connectivity index (χ0) is 16.7. The zero-order valence-corrected chi connectivity index (χ0v) is 14.7. The summed E-state index contributed by atoms with van der Waals surface area (Å²) in [7, 11) is 2.11. The lowest BCUT2D eigenvalue weighted by Gasteiger charge is -2.38. The van der Waals surface area contributed by atoms with Gasteiger partial charge < -0.3 is 14.7 Å². The molecule has 4 aliphatic rings. The first-order valence-electron chi connectivity index (χ1n) is 9.56. The van der Waals surface area contributed by atoms with Gasteiger partial charge in [0.05, 0.1) is 0 Å². The third-order valence-corrected chi connectivity index (χ3v) is 6.57. The highest BCUT2D eigenvalue weighted by Crippen LogP contribution is 2.44. The van der Waals surface area contributed by atoms with Gasteiger partial charge >= 0.3 is 0 Å². The molecule has 2 aliphatic heterocycles. The number of likely N-dealkylation sites (N-methyl/N-ethyl adjacent to an activating group) is 1. The Balaban J connectivity index is 1.28. The monoisotopic (exact) mass is 331 g/mol. The van der Waals surface area contributed by atoms with Crippen molar-refractivity contribution < 1.29 is 9.59 Å². The molecule has 0 N–H and O–H groups in total. The van der Waals surface area contributed by atoms with Crippen LogP contribution in [0.2, 0.25) is 0 Å².